The lowest BCUT2D eigenvalue weighted by Crippen LogP contribution is -2.41. The van der Waals surface area contributed by atoms with Crippen molar-refractivity contribution >= 4 is 23.4 Å². The highest BCUT2D eigenvalue weighted by atomic mass is 35.5. The minimum atomic E-state index is -0.476. The van der Waals surface area contributed by atoms with Crippen molar-refractivity contribution in [1.82, 2.24) is 25.6 Å². The van der Waals surface area contributed by atoms with Gasteiger partial charge in [-0.3, -0.25) is 20.4 Å². The van der Waals surface area contributed by atoms with E-state index in [1.54, 1.807) is 78.5 Å². The van der Waals surface area contributed by atoms with Gasteiger partial charge in [-0.25, -0.2) is 9.67 Å². The van der Waals surface area contributed by atoms with Crippen molar-refractivity contribution in [3.63, 3.8) is 0 Å². The Balaban J connectivity index is 1.32. The second-order valence-electron chi connectivity index (χ2n) is 7.09. The van der Waals surface area contributed by atoms with Gasteiger partial charge in [-0.05, 0) is 61.0 Å². The van der Waals surface area contributed by atoms with Gasteiger partial charge in [0.05, 0.1) is 17.5 Å². The van der Waals surface area contributed by atoms with E-state index in [-0.39, 0.29) is 0 Å². The van der Waals surface area contributed by atoms with Crippen LogP contribution in [0.4, 0.5) is 0 Å². The number of pyridine rings is 1. The molecule has 9 heteroatoms. The summed E-state index contributed by atoms with van der Waals surface area (Å²) >= 11 is 5.86. The third-order valence-electron chi connectivity index (χ3n) is 4.85. The van der Waals surface area contributed by atoms with Crippen molar-refractivity contribution in [2.75, 3.05) is 0 Å². The van der Waals surface area contributed by atoms with E-state index in [1.807, 2.05) is 6.07 Å². The lowest BCUT2D eigenvalue weighted by molar-refractivity contribution is 0.0846. The maximum absolute atomic E-state index is 12.5. The predicted molar refractivity (Wildman–Crippen MR) is 123 cm³/mol. The van der Waals surface area contributed by atoms with Crippen LogP contribution < -0.4 is 15.6 Å². The SMILES string of the molecule is Cc1c(C(=O)NNC(=O)c2ccc(COc3ccc(Cl)cc3)cc2)cnn1-c1ccccn1. The van der Waals surface area contributed by atoms with Crippen molar-refractivity contribution < 1.29 is 14.3 Å². The number of rotatable bonds is 6. The maximum atomic E-state index is 12.5. The molecule has 4 rings (SSSR count). The van der Waals surface area contributed by atoms with Crippen molar-refractivity contribution in [3.8, 4) is 11.6 Å². The highest BCUT2D eigenvalue weighted by Crippen LogP contribution is 2.17. The van der Waals surface area contributed by atoms with E-state index in [4.69, 9.17) is 16.3 Å². The van der Waals surface area contributed by atoms with Gasteiger partial charge in [0.1, 0.15) is 12.4 Å². The zero-order valence-corrected chi connectivity index (χ0v) is 18.4. The summed E-state index contributed by atoms with van der Waals surface area (Å²) in [5, 5.41) is 4.85. The van der Waals surface area contributed by atoms with Gasteiger partial charge in [0.15, 0.2) is 5.82 Å². The van der Waals surface area contributed by atoms with E-state index in [2.05, 4.69) is 20.9 Å². The predicted octanol–water partition coefficient (Wildman–Crippen LogP) is 3.88. The molecule has 166 valence electrons. The van der Waals surface area contributed by atoms with E-state index in [0.717, 1.165) is 5.56 Å². The Morgan fingerprint density at radius 1 is 0.970 bits per heavy atom. The number of amides is 2. The molecule has 33 heavy (non-hydrogen) atoms. The van der Waals surface area contributed by atoms with Gasteiger partial charge in [0, 0.05) is 16.8 Å². The van der Waals surface area contributed by atoms with Gasteiger partial charge in [-0.1, -0.05) is 29.8 Å². The minimum absolute atomic E-state index is 0.329. The summed E-state index contributed by atoms with van der Waals surface area (Å²) in [6.07, 6.45) is 3.08. The average Bonchev–Trinajstić information content (AvgIpc) is 3.24. The summed E-state index contributed by atoms with van der Waals surface area (Å²) in [6, 6.07) is 19.4. The van der Waals surface area contributed by atoms with Crippen molar-refractivity contribution in [3.05, 3.63) is 107 Å². The Labute approximate surface area is 195 Å². The lowest BCUT2D eigenvalue weighted by Gasteiger charge is -2.09. The number of hydrazine groups is 1. The molecule has 0 spiro atoms. The minimum Gasteiger partial charge on any atom is -0.489 e. The van der Waals surface area contributed by atoms with Gasteiger partial charge >= 0.3 is 0 Å². The van der Waals surface area contributed by atoms with Crippen molar-refractivity contribution in [1.29, 1.82) is 0 Å². The van der Waals surface area contributed by atoms with Crippen LogP contribution in [0.5, 0.6) is 5.75 Å². The first-order chi connectivity index (χ1) is 16.0. The number of nitrogens with zero attached hydrogens (tertiary/aromatic N) is 3. The summed E-state index contributed by atoms with van der Waals surface area (Å²) in [4.78, 5) is 29.2. The molecular weight excluding hydrogens is 442 g/mol. The normalized spacial score (nSPS) is 10.5. The second-order valence-corrected chi connectivity index (χ2v) is 7.53. The van der Waals surface area contributed by atoms with Gasteiger partial charge in [0.25, 0.3) is 11.8 Å². The van der Waals surface area contributed by atoms with Gasteiger partial charge in [-0.15, -0.1) is 0 Å². The number of hydrogen-bond donors (Lipinski definition) is 2. The summed E-state index contributed by atoms with van der Waals surface area (Å²) < 4.78 is 7.25. The molecule has 0 unspecified atom stereocenters. The van der Waals surface area contributed by atoms with Crippen LogP contribution in [0.3, 0.4) is 0 Å². The number of aromatic nitrogens is 3. The van der Waals surface area contributed by atoms with Crippen LogP contribution in [0.1, 0.15) is 32.0 Å². The van der Waals surface area contributed by atoms with Gasteiger partial charge in [0.2, 0.25) is 0 Å². The maximum Gasteiger partial charge on any atom is 0.273 e. The van der Waals surface area contributed by atoms with E-state index in [9.17, 15) is 9.59 Å². The molecule has 0 saturated carbocycles. The standard InChI is InChI=1S/C24H20ClN5O3/c1-16-21(14-27-30(16)22-4-2-3-13-26-22)24(32)29-28-23(31)18-7-5-17(6-8-18)15-33-20-11-9-19(25)10-12-20/h2-14H,15H2,1H3,(H,28,31)(H,29,32). The van der Waals surface area contributed by atoms with Crippen LogP contribution in [0.2, 0.25) is 5.02 Å². The summed E-state index contributed by atoms with van der Waals surface area (Å²) in [5.74, 6) is 0.378. The fourth-order valence-corrected chi connectivity index (χ4v) is 3.17. The quantitative estimate of drug-likeness (QED) is 0.424. The number of ether oxygens (including phenoxy) is 1. The molecule has 8 nitrogen and oxygen atoms in total. The third-order valence-corrected chi connectivity index (χ3v) is 5.10. The van der Waals surface area contributed by atoms with Crippen LogP contribution >= 0.6 is 11.6 Å². The Bertz CT molecular complexity index is 1260. The molecule has 0 atom stereocenters. The van der Waals surface area contributed by atoms with E-state index in [0.29, 0.717) is 40.0 Å². The molecular formula is C24H20ClN5O3. The summed E-state index contributed by atoms with van der Waals surface area (Å²) in [6.45, 7) is 2.10. The Morgan fingerprint density at radius 2 is 1.70 bits per heavy atom. The van der Waals surface area contributed by atoms with Crippen molar-refractivity contribution in [2.24, 2.45) is 0 Å². The zero-order chi connectivity index (χ0) is 23.2. The number of halogens is 1. The molecule has 2 heterocycles. The molecule has 4 aromatic rings. The highest BCUT2D eigenvalue weighted by molar-refractivity contribution is 6.30. The molecule has 0 bridgehead atoms. The molecule has 2 N–H and O–H groups in total. The van der Waals surface area contributed by atoms with E-state index < -0.39 is 11.8 Å². The zero-order valence-electron chi connectivity index (χ0n) is 17.7. The number of carbonyl (C=O) groups is 2. The molecule has 2 aromatic carbocycles. The first-order valence-corrected chi connectivity index (χ1v) is 10.4. The van der Waals surface area contributed by atoms with Crippen LogP contribution in [0.15, 0.2) is 79.1 Å². The topological polar surface area (TPSA) is 98.1 Å². The molecule has 0 fully saturated rings. The Hall–Kier alpha value is -4.17. The van der Waals surface area contributed by atoms with Crippen molar-refractivity contribution in [2.45, 2.75) is 13.5 Å². The van der Waals surface area contributed by atoms with Crippen LogP contribution in [0.25, 0.3) is 5.82 Å². The number of benzene rings is 2. The third kappa shape index (κ3) is 5.36. The summed E-state index contributed by atoms with van der Waals surface area (Å²) in [7, 11) is 0. The second kappa shape index (κ2) is 9.97. The van der Waals surface area contributed by atoms with Crippen LogP contribution in [0, 0.1) is 6.92 Å². The van der Waals surface area contributed by atoms with Crippen LogP contribution in [-0.2, 0) is 6.61 Å². The molecule has 0 radical (unpaired) electrons. The van der Waals surface area contributed by atoms with E-state index in [1.165, 1.54) is 6.20 Å². The van der Waals surface area contributed by atoms with Gasteiger partial charge in [-0.2, -0.15) is 5.10 Å². The molecule has 0 aliphatic rings. The molecule has 0 saturated heterocycles. The molecule has 2 aromatic heterocycles. The highest BCUT2D eigenvalue weighted by Gasteiger charge is 2.16. The first-order valence-electron chi connectivity index (χ1n) is 10.1. The van der Waals surface area contributed by atoms with Gasteiger partial charge < -0.3 is 4.74 Å². The fraction of sp³-hybridized carbons (Fsp3) is 0.0833. The number of nitrogens with one attached hydrogen (secondary N) is 2. The fourth-order valence-electron chi connectivity index (χ4n) is 3.05. The lowest BCUT2D eigenvalue weighted by atomic mass is 10.1. The summed E-state index contributed by atoms with van der Waals surface area (Å²) in [5.41, 5.74) is 7.06. The Kier molecular flexibility index (Phi) is 6.66. The monoisotopic (exact) mass is 461 g/mol. The Morgan fingerprint density at radius 3 is 2.39 bits per heavy atom. The average molecular weight is 462 g/mol. The molecule has 2 amide bonds. The molecule has 0 aliphatic heterocycles. The van der Waals surface area contributed by atoms with Crippen LogP contribution in [-0.4, -0.2) is 26.6 Å². The number of hydrogen-bond acceptors (Lipinski definition) is 5. The molecule has 0 aliphatic carbocycles. The smallest absolute Gasteiger partial charge is 0.273 e. The first kappa shape index (κ1) is 22.0. The number of carbonyl (C=O) groups excluding carboxylic acids is 2. The van der Waals surface area contributed by atoms with E-state index >= 15 is 0 Å². The largest absolute Gasteiger partial charge is 0.489 e.